The fourth-order valence-electron chi connectivity index (χ4n) is 1.64. The molecule has 0 aliphatic heterocycles. The molecule has 1 N–H and O–H groups in total. The van der Waals surface area contributed by atoms with Gasteiger partial charge in [0.05, 0.1) is 16.6 Å². The zero-order valence-electron chi connectivity index (χ0n) is 9.87. The van der Waals surface area contributed by atoms with E-state index in [1.807, 2.05) is 0 Å². The average molecular weight is 349 g/mol. The number of hydrogen-bond donors (Lipinski definition) is 1. The van der Waals surface area contributed by atoms with E-state index in [4.69, 9.17) is 0 Å². The van der Waals surface area contributed by atoms with Crippen LogP contribution >= 0.6 is 15.9 Å². The van der Waals surface area contributed by atoms with Crippen LogP contribution in [0.4, 0.5) is 13.2 Å². The van der Waals surface area contributed by atoms with E-state index in [1.165, 1.54) is 18.3 Å². The van der Waals surface area contributed by atoms with E-state index in [2.05, 4.69) is 20.9 Å². The zero-order valence-corrected chi connectivity index (χ0v) is 11.5. The van der Waals surface area contributed by atoms with Gasteiger partial charge >= 0.3 is 11.9 Å². The van der Waals surface area contributed by atoms with Crippen molar-refractivity contribution in [3.8, 4) is 0 Å². The molecule has 0 aliphatic carbocycles. The van der Waals surface area contributed by atoms with Gasteiger partial charge in [-0.25, -0.2) is 4.79 Å². The molecule has 0 saturated carbocycles. The van der Waals surface area contributed by atoms with Gasteiger partial charge in [-0.15, -0.1) is 0 Å². The molecule has 2 rings (SSSR count). The number of aromatic nitrogens is 2. The van der Waals surface area contributed by atoms with Gasteiger partial charge in [-0.05, 0) is 33.6 Å². The number of H-pyrrole nitrogens is 1. The normalized spacial score (nSPS) is 11.6. The van der Waals surface area contributed by atoms with E-state index in [0.717, 1.165) is 16.7 Å². The Labute approximate surface area is 119 Å². The van der Waals surface area contributed by atoms with Crippen LogP contribution in [0.3, 0.4) is 0 Å². The summed E-state index contributed by atoms with van der Waals surface area (Å²) in [7, 11) is 0. The van der Waals surface area contributed by atoms with Crippen LogP contribution in [0.5, 0.6) is 0 Å². The average Bonchev–Trinajstić information content (AvgIpc) is 2.35. The number of benzene rings is 1. The smallest absolute Gasteiger partial charge is 0.295 e. The number of rotatable bonds is 2. The van der Waals surface area contributed by atoms with Crippen molar-refractivity contribution in [3.05, 3.63) is 66.9 Å². The number of halogens is 4. The van der Waals surface area contributed by atoms with Gasteiger partial charge in [0.25, 0.3) is 5.56 Å². The Bertz CT molecular complexity index is 749. The number of hydrogen-bond acceptors (Lipinski definition) is 2. The molecule has 0 bridgehead atoms. The van der Waals surface area contributed by atoms with Crippen molar-refractivity contribution in [1.82, 2.24) is 9.55 Å². The third kappa shape index (κ3) is 3.19. The molecular weight excluding hydrogens is 341 g/mol. The Morgan fingerprint density at radius 3 is 2.60 bits per heavy atom. The predicted octanol–water partition coefficient (Wildman–Crippen LogP) is 2.37. The molecule has 0 saturated heterocycles. The van der Waals surface area contributed by atoms with Gasteiger partial charge in [0.15, 0.2) is 0 Å². The van der Waals surface area contributed by atoms with Gasteiger partial charge in [0.2, 0.25) is 0 Å². The van der Waals surface area contributed by atoms with Crippen LogP contribution in [0.25, 0.3) is 0 Å². The number of alkyl halides is 3. The number of nitrogens with zero attached hydrogens (tertiary/aromatic N) is 1. The highest BCUT2D eigenvalue weighted by Crippen LogP contribution is 2.29. The molecule has 0 unspecified atom stereocenters. The molecule has 0 radical (unpaired) electrons. The van der Waals surface area contributed by atoms with E-state index < -0.39 is 23.0 Å². The second-order valence-corrected chi connectivity index (χ2v) is 4.92. The monoisotopic (exact) mass is 348 g/mol. The summed E-state index contributed by atoms with van der Waals surface area (Å²) in [5, 5.41) is 0. The zero-order chi connectivity index (χ0) is 14.9. The molecule has 4 nitrogen and oxygen atoms in total. The van der Waals surface area contributed by atoms with Gasteiger partial charge in [0, 0.05) is 6.20 Å². The van der Waals surface area contributed by atoms with Crippen molar-refractivity contribution < 1.29 is 13.2 Å². The fraction of sp³-hybridized carbons (Fsp3) is 0.167. The van der Waals surface area contributed by atoms with Gasteiger partial charge in [-0.1, -0.05) is 12.1 Å². The summed E-state index contributed by atoms with van der Waals surface area (Å²) in [6.45, 7) is -0.0713. The second-order valence-electron chi connectivity index (χ2n) is 4.06. The van der Waals surface area contributed by atoms with E-state index in [9.17, 15) is 22.8 Å². The van der Waals surface area contributed by atoms with Crippen LogP contribution in [0.15, 0.2) is 44.5 Å². The Morgan fingerprint density at radius 1 is 1.25 bits per heavy atom. The van der Waals surface area contributed by atoms with E-state index in [0.29, 0.717) is 5.56 Å². The highest BCUT2D eigenvalue weighted by atomic mass is 79.9. The van der Waals surface area contributed by atoms with Gasteiger partial charge in [-0.3, -0.25) is 14.3 Å². The molecule has 8 heteroatoms. The van der Waals surface area contributed by atoms with Gasteiger partial charge in [0.1, 0.15) is 0 Å². The van der Waals surface area contributed by atoms with Crippen LogP contribution in [0, 0.1) is 0 Å². The Morgan fingerprint density at radius 2 is 1.95 bits per heavy atom. The van der Waals surface area contributed by atoms with Crippen molar-refractivity contribution >= 4 is 15.9 Å². The summed E-state index contributed by atoms with van der Waals surface area (Å²) in [4.78, 5) is 24.8. The first-order valence-electron chi connectivity index (χ1n) is 5.43. The third-order valence-electron chi connectivity index (χ3n) is 2.57. The topological polar surface area (TPSA) is 54.9 Å². The molecule has 1 aromatic carbocycles. The molecule has 0 atom stereocenters. The molecule has 0 fully saturated rings. The lowest BCUT2D eigenvalue weighted by molar-refractivity contribution is -0.137. The molecule has 106 valence electrons. The third-order valence-corrected chi connectivity index (χ3v) is 3.14. The highest BCUT2D eigenvalue weighted by molar-refractivity contribution is 9.10. The Kier molecular flexibility index (Phi) is 3.85. The lowest BCUT2D eigenvalue weighted by Gasteiger charge is -2.10. The molecule has 1 aromatic heterocycles. The van der Waals surface area contributed by atoms with Crippen LogP contribution in [0.2, 0.25) is 0 Å². The Hall–Kier alpha value is -1.83. The maximum Gasteiger partial charge on any atom is 0.416 e. The van der Waals surface area contributed by atoms with Crippen molar-refractivity contribution in [2.45, 2.75) is 12.7 Å². The van der Waals surface area contributed by atoms with E-state index in [1.54, 1.807) is 0 Å². The standard InChI is InChI=1S/C12H8BrF3N2O2/c13-9-6-18(11(20)17-10(9)19)5-7-2-1-3-8(4-7)12(14,15)16/h1-4,6H,5H2,(H,17,19,20). The summed E-state index contributed by atoms with van der Waals surface area (Å²) in [6.07, 6.45) is -3.20. The lowest BCUT2D eigenvalue weighted by atomic mass is 10.1. The minimum Gasteiger partial charge on any atom is -0.295 e. The molecule has 0 amide bonds. The van der Waals surface area contributed by atoms with Crippen LogP contribution in [-0.4, -0.2) is 9.55 Å². The highest BCUT2D eigenvalue weighted by Gasteiger charge is 2.30. The van der Waals surface area contributed by atoms with Crippen molar-refractivity contribution in [3.63, 3.8) is 0 Å². The quantitative estimate of drug-likeness (QED) is 0.905. The minimum absolute atomic E-state index is 0.0713. The first kappa shape index (κ1) is 14.6. The first-order chi connectivity index (χ1) is 9.27. The molecule has 1 heterocycles. The molecular formula is C12H8BrF3N2O2. The van der Waals surface area contributed by atoms with Crippen LogP contribution in [-0.2, 0) is 12.7 Å². The largest absolute Gasteiger partial charge is 0.416 e. The summed E-state index contributed by atoms with van der Waals surface area (Å²) in [6, 6.07) is 4.66. The summed E-state index contributed by atoms with van der Waals surface area (Å²) < 4.78 is 39.0. The summed E-state index contributed by atoms with van der Waals surface area (Å²) in [5.74, 6) is 0. The summed E-state index contributed by atoms with van der Waals surface area (Å²) in [5.41, 5.74) is -1.75. The number of aromatic amines is 1. The van der Waals surface area contributed by atoms with Crippen molar-refractivity contribution in [2.24, 2.45) is 0 Å². The number of nitrogens with one attached hydrogen (secondary N) is 1. The molecule has 20 heavy (non-hydrogen) atoms. The fourth-order valence-corrected chi connectivity index (χ4v) is 1.99. The first-order valence-corrected chi connectivity index (χ1v) is 6.22. The minimum atomic E-state index is -4.44. The Balaban J connectivity index is 2.38. The predicted molar refractivity (Wildman–Crippen MR) is 69.6 cm³/mol. The second kappa shape index (κ2) is 5.28. The van der Waals surface area contributed by atoms with Gasteiger partial charge < -0.3 is 0 Å². The van der Waals surface area contributed by atoms with E-state index in [-0.39, 0.29) is 11.0 Å². The van der Waals surface area contributed by atoms with Crippen LogP contribution < -0.4 is 11.2 Å². The van der Waals surface area contributed by atoms with Crippen molar-refractivity contribution in [2.75, 3.05) is 0 Å². The van der Waals surface area contributed by atoms with E-state index >= 15 is 0 Å². The van der Waals surface area contributed by atoms with Gasteiger partial charge in [-0.2, -0.15) is 13.2 Å². The molecule has 2 aromatic rings. The maximum absolute atomic E-state index is 12.6. The molecule has 0 aliphatic rings. The SMILES string of the molecule is O=c1[nH]c(=O)n(Cc2cccc(C(F)(F)F)c2)cc1Br. The van der Waals surface area contributed by atoms with Crippen LogP contribution in [0.1, 0.15) is 11.1 Å². The maximum atomic E-state index is 12.6. The summed E-state index contributed by atoms with van der Waals surface area (Å²) >= 11 is 2.96. The molecule has 0 spiro atoms. The lowest BCUT2D eigenvalue weighted by Crippen LogP contribution is -2.30. The van der Waals surface area contributed by atoms with Crippen molar-refractivity contribution in [1.29, 1.82) is 0 Å².